The van der Waals surface area contributed by atoms with Crippen molar-refractivity contribution >= 4 is 17.4 Å². The quantitative estimate of drug-likeness (QED) is 0.329. The summed E-state index contributed by atoms with van der Waals surface area (Å²) in [5.41, 5.74) is -3.96. The fourth-order valence-electron chi connectivity index (χ4n) is 5.32. The van der Waals surface area contributed by atoms with Crippen LogP contribution in [-0.4, -0.2) is 53.4 Å². The van der Waals surface area contributed by atoms with Crippen LogP contribution in [0.3, 0.4) is 0 Å². The molecule has 0 aliphatic carbocycles. The molecule has 1 aliphatic rings. The number of hydrogen-bond donors (Lipinski definition) is 2. The number of carbonyl (C=O) groups excluding carboxylic acids is 1. The molecule has 3 aromatic rings. The highest BCUT2D eigenvalue weighted by atomic mass is 19.4. The standard InChI is InChI=1S/C30H30F7N3O3/c1-16-9-20(31)5-6-21(16)22-13-26(40-8-7-25(42)24(40)15-41)38-14-23(22)39(4)27(43)28(2,3)17-10-18(29(32,33)34)12-19(11-17)30(35,36)37/h5-6,9-14,24-25,41-42H,7-8,15H2,1-4H3/t24-,25-/m0/s1. The number of pyridine rings is 1. The number of aryl methyl sites for hydroxylation is 1. The summed E-state index contributed by atoms with van der Waals surface area (Å²) in [4.78, 5) is 21.1. The lowest BCUT2D eigenvalue weighted by molar-refractivity contribution is -0.143. The lowest BCUT2D eigenvalue weighted by Crippen LogP contribution is -2.42. The molecule has 6 nitrogen and oxygen atoms in total. The average Bonchev–Trinajstić information content (AvgIpc) is 3.31. The predicted molar refractivity (Wildman–Crippen MR) is 146 cm³/mol. The van der Waals surface area contributed by atoms with E-state index in [1.165, 1.54) is 45.3 Å². The van der Waals surface area contributed by atoms with Gasteiger partial charge in [-0.3, -0.25) is 4.79 Å². The minimum Gasteiger partial charge on any atom is -0.394 e. The van der Waals surface area contributed by atoms with Crippen molar-refractivity contribution in [1.29, 1.82) is 0 Å². The molecule has 0 bridgehead atoms. The second kappa shape index (κ2) is 11.4. The average molecular weight is 614 g/mol. The van der Waals surface area contributed by atoms with Crippen molar-refractivity contribution < 1.29 is 45.7 Å². The van der Waals surface area contributed by atoms with Gasteiger partial charge in [-0.15, -0.1) is 0 Å². The third kappa shape index (κ3) is 6.32. The van der Waals surface area contributed by atoms with Crippen molar-refractivity contribution in [2.24, 2.45) is 0 Å². The molecule has 0 saturated carbocycles. The molecule has 2 N–H and O–H groups in total. The number of aliphatic hydroxyl groups excluding tert-OH is 2. The van der Waals surface area contributed by atoms with E-state index in [0.717, 1.165) is 4.90 Å². The van der Waals surface area contributed by atoms with E-state index in [-0.39, 0.29) is 18.4 Å². The van der Waals surface area contributed by atoms with E-state index in [0.29, 0.717) is 47.6 Å². The zero-order valence-corrected chi connectivity index (χ0v) is 23.7. The number of benzene rings is 2. The maximum absolute atomic E-state index is 14.0. The van der Waals surface area contributed by atoms with E-state index < -0.39 is 58.3 Å². The number of nitrogens with zero attached hydrogens (tertiary/aromatic N) is 3. The third-order valence-corrected chi connectivity index (χ3v) is 7.85. The number of aliphatic hydroxyl groups is 2. The predicted octanol–water partition coefficient (Wildman–Crippen LogP) is 6.11. The summed E-state index contributed by atoms with van der Waals surface area (Å²) in [5, 5.41) is 20.1. The van der Waals surface area contributed by atoms with Crippen LogP contribution in [0.15, 0.2) is 48.7 Å². The van der Waals surface area contributed by atoms with Crippen molar-refractivity contribution in [2.45, 2.75) is 57.1 Å². The summed E-state index contributed by atoms with van der Waals surface area (Å²) in [7, 11) is 1.32. The lowest BCUT2D eigenvalue weighted by Gasteiger charge is -2.32. The Kier molecular flexibility index (Phi) is 8.55. The van der Waals surface area contributed by atoms with Crippen molar-refractivity contribution in [2.75, 3.05) is 30.0 Å². The van der Waals surface area contributed by atoms with Gasteiger partial charge in [-0.25, -0.2) is 9.37 Å². The van der Waals surface area contributed by atoms with E-state index in [4.69, 9.17) is 0 Å². The third-order valence-electron chi connectivity index (χ3n) is 7.85. The van der Waals surface area contributed by atoms with Gasteiger partial charge in [0.2, 0.25) is 5.91 Å². The second-order valence-corrected chi connectivity index (χ2v) is 11.1. The number of rotatable bonds is 6. The largest absolute Gasteiger partial charge is 0.416 e. The Morgan fingerprint density at radius 2 is 1.56 bits per heavy atom. The normalized spacial score (nSPS) is 17.8. The molecular weight excluding hydrogens is 583 g/mol. The molecule has 0 spiro atoms. The van der Waals surface area contributed by atoms with Crippen LogP contribution >= 0.6 is 0 Å². The highest BCUT2D eigenvalue weighted by Crippen LogP contribution is 2.41. The van der Waals surface area contributed by atoms with Gasteiger partial charge in [-0.2, -0.15) is 26.3 Å². The number of alkyl halides is 6. The minimum absolute atomic E-state index is 0.000763. The Bertz CT molecular complexity index is 1490. The number of amides is 1. The number of aromatic nitrogens is 1. The van der Waals surface area contributed by atoms with Gasteiger partial charge in [-0.1, -0.05) is 6.07 Å². The Balaban J connectivity index is 1.84. The van der Waals surface area contributed by atoms with Crippen LogP contribution in [0.25, 0.3) is 11.1 Å². The Morgan fingerprint density at radius 3 is 2.09 bits per heavy atom. The number of carbonyl (C=O) groups is 1. The van der Waals surface area contributed by atoms with E-state index in [1.54, 1.807) is 17.9 Å². The van der Waals surface area contributed by atoms with E-state index >= 15 is 0 Å². The molecule has 1 saturated heterocycles. The monoisotopic (exact) mass is 613 g/mol. The molecule has 1 amide bonds. The molecule has 4 rings (SSSR count). The molecular formula is C30H30F7N3O3. The summed E-state index contributed by atoms with van der Waals surface area (Å²) < 4.78 is 95.4. The molecule has 13 heteroatoms. The van der Waals surface area contributed by atoms with Crippen LogP contribution in [-0.2, 0) is 22.6 Å². The van der Waals surface area contributed by atoms with Crippen molar-refractivity contribution in [3.05, 3.63) is 76.7 Å². The van der Waals surface area contributed by atoms with Crippen LogP contribution in [0.2, 0.25) is 0 Å². The Morgan fingerprint density at radius 1 is 0.977 bits per heavy atom. The van der Waals surface area contributed by atoms with Crippen LogP contribution in [0.5, 0.6) is 0 Å². The smallest absolute Gasteiger partial charge is 0.394 e. The Labute approximate surface area is 243 Å². The first-order valence-electron chi connectivity index (χ1n) is 13.3. The minimum atomic E-state index is -5.09. The van der Waals surface area contributed by atoms with E-state index in [2.05, 4.69) is 4.98 Å². The zero-order valence-electron chi connectivity index (χ0n) is 23.7. The molecule has 0 unspecified atom stereocenters. The number of anilines is 2. The molecule has 1 fully saturated rings. The van der Waals surface area contributed by atoms with Crippen molar-refractivity contribution in [1.82, 2.24) is 4.98 Å². The van der Waals surface area contributed by atoms with Gasteiger partial charge in [-0.05, 0) is 80.3 Å². The van der Waals surface area contributed by atoms with Gasteiger partial charge < -0.3 is 20.0 Å². The van der Waals surface area contributed by atoms with Gasteiger partial charge in [0.05, 0.1) is 47.2 Å². The van der Waals surface area contributed by atoms with Crippen LogP contribution in [0, 0.1) is 12.7 Å². The maximum Gasteiger partial charge on any atom is 0.416 e. The molecule has 0 radical (unpaired) electrons. The number of halogens is 7. The second-order valence-electron chi connectivity index (χ2n) is 11.1. The fourth-order valence-corrected chi connectivity index (χ4v) is 5.32. The van der Waals surface area contributed by atoms with Gasteiger partial charge >= 0.3 is 12.4 Å². The Hall–Kier alpha value is -3.71. The van der Waals surface area contributed by atoms with Crippen molar-refractivity contribution in [3.8, 4) is 11.1 Å². The summed E-state index contributed by atoms with van der Waals surface area (Å²) in [6.07, 6.45) is -9.33. The number of likely N-dealkylation sites (N-methyl/N-ethyl adjacent to an activating group) is 1. The highest BCUT2D eigenvalue weighted by Gasteiger charge is 2.41. The maximum atomic E-state index is 14.0. The summed E-state index contributed by atoms with van der Waals surface area (Å²) in [6.45, 7) is 4.08. The van der Waals surface area contributed by atoms with Gasteiger partial charge in [0.1, 0.15) is 11.6 Å². The summed E-state index contributed by atoms with van der Waals surface area (Å²) in [5.74, 6) is -1.01. The SMILES string of the molecule is Cc1cc(F)ccc1-c1cc(N2CC[C@H](O)[C@@H]2CO)ncc1N(C)C(=O)C(C)(C)c1cc(C(F)(F)F)cc(C(F)(F)F)c1. The summed E-state index contributed by atoms with van der Waals surface area (Å²) >= 11 is 0. The molecule has 43 heavy (non-hydrogen) atoms. The van der Waals surface area contributed by atoms with Gasteiger partial charge in [0, 0.05) is 19.2 Å². The topological polar surface area (TPSA) is 76.9 Å². The molecule has 2 aromatic carbocycles. The first kappa shape index (κ1) is 32.2. The van der Waals surface area contributed by atoms with Crippen LogP contribution in [0.4, 0.5) is 42.2 Å². The van der Waals surface area contributed by atoms with Crippen LogP contribution < -0.4 is 9.80 Å². The molecule has 1 aliphatic heterocycles. The number of hydrogen-bond acceptors (Lipinski definition) is 5. The van der Waals surface area contributed by atoms with Gasteiger partial charge in [0.25, 0.3) is 0 Å². The first-order valence-corrected chi connectivity index (χ1v) is 13.3. The van der Waals surface area contributed by atoms with Gasteiger partial charge in [0.15, 0.2) is 0 Å². The summed E-state index contributed by atoms with van der Waals surface area (Å²) in [6, 6.07) is 5.93. The lowest BCUT2D eigenvalue weighted by atomic mass is 9.81. The fraction of sp³-hybridized carbons (Fsp3) is 0.400. The van der Waals surface area contributed by atoms with E-state index in [9.17, 15) is 45.7 Å². The highest BCUT2D eigenvalue weighted by molar-refractivity contribution is 6.03. The molecule has 232 valence electrons. The first-order chi connectivity index (χ1) is 19.9. The van der Waals surface area contributed by atoms with Crippen LogP contribution in [0.1, 0.15) is 42.5 Å². The zero-order chi connectivity index (χ0) is 32.1. The van der Waals surface area contributed by atoms with E-state index in [1.807, 2.05) is 0 Å². The molecule has 1 aromatic heterocycles. The molecule has 2 atom stereocenters. The molecule has 2 heterocycles. The van der Waals surface area contributed by atoms with Crippen molar-refractivity contribution in [3.63, 3.8) is 0 Å².